The summed E-state index contributed by atoms with van der Waals surface area (Å²) in [5.41, 5.74) is 0.630. The van der Waals surface area contributed by atoms with Crippen molar-refractivity contribution in [3.05, 3.63) is 29.8 Å². The van der Waals surface area contributed by atoms with E-state index in [1.54, 1.807) is 4.90 Å². The minimum absolute atomic E-state index is 0.0926. The van der Waals surface area contributed by atoms with Crippen molar-refractivity contribution in [3.63, 3.8) is 0 Å². The lowest BCUT2D eigenvalue weighted by atomic mass is 10.1. The molecule has 36 heavy (non-hydrogen) atoms. The van der Waals surface area contributed by atoms with Gasteiger partial charge in [0.25, 0.3) is 0 Å². The molecule has 2 amide bonds. The Bertz CT molecular complexity index is 814. The summed E-state index contributed by atoms with van der Waals surface area (Å²) in [6.07, 6.45) is -0.390. The molecule has 2 fully saturated rings. The molecular formula is C25H39N3O8. The number of urea groups is 1. The third-order valence-corrected chi connectivity index (χ3v) is 5.69. The number of carbonyl (C=O) groups is 2. The van der Waals surface area contributed by atoms with Gasteiger partial charge < -0.3 is 44.3 Å². The van der Waals surface area contributed by atoms with Crippen LogP contribution in [-0.2, 0) is 30.2 Å². The quantitative estimate of drug-likeness (QED) is 0.260. The number of amides is 2. The number of hydrogen-bond donors (Lipinski definition) is 3. The standard InChI is InChI=1S/C25H39N3O8/c1-25(2)18-35-23(36-25)17-34-22(30)8-5-19-3-6-21(7-4-19)33-16-20(29)15-26-9-10-27-24(31)28-11-13-32-14-12-28/h3-4,6-7,20,23,26,29H,5,8-18H2,1-2H3,(H,27,31)/t20-,23+/m0/s1. The molecule has 3 rings (SSSR count). The molecule has 2 atom stereocenters. The van der Waals surface area contributed by atoms with E-state index in [0.29, 0.717) is 64.7 Å². The van der Waals surface area contributed by atoms with Gasteiger partial charge in [0.1, 0.15) is 25.1 Å². The van der Waals surface area contributed by atoms with E-state index in [4.69, 9.17) is 23.7 Å². The van der Waals surface area contributed by atoms with Crippen LogP contribution in [0.5, 0.6) is 5.75 Å². The number of benzene rings is 1. The van der Waals surface area contributed by atoms with Crippen molar-refractivity contribution in [1.29, 1.82) is 0 Å². The Balaban J connectivity index is 1.21. The zero-order valence-corrected chi connectivity index (χ0v) is 21.2. The predicted molar refractivity (Wildman–Crippen MR) is 131 cm³/mol. The van der Waals surface area contributed by atoms with Gasteiger partial charge in [0, 0.05) is 39.1 Å². The number of carbonyl (C=O) groups excluding carboxylic acids is 2. The summed E-state index contributed by atoms with van der Waals surface area (Å²) >= 11 is 0. The lowest BCUT2D eigenvalue weighted by molar-refractivity contribution is -0.160. The van der Waals surface area contributed by atoms with Gasteiger partial charge in [0.15, 0.2) is 6.29 Å². The van der Waals surface area contributed by atoms with E-state index in [1.165, 1.54) is 0 Å². The van der Waals surface area contributed by atoms with E-state index < -0.39 is 12.4 Å². The van der Waals surface area contributed by atoms with Gasteiger partial charge in [-0.2, -0.15) is 0 Å². The van der Waals surface area contributed by atoms with Gasteiger partial charge in [-0.1, -0.05) is 12.1 Å². The lowest BCUT2D eigenvalue weighted by Gasteiger charge is -2.27. The number of aliphatic hydroxyl groups is 1. The molecule has 3 N–H and O–H groups in total. The molecule has 0 aliphatic carbocycles. The molecule has 0 bridgehead atoms. The van der Waals surface area contributed by atoms with Crippen molar-refractivity contribution in [2.45, 2.75) is 44.7 Å². The number of ether oxygens (including phenoxy) is 5. The molecule has 2 aliphatic rings. The Hall–Kier alpha value is -2.44. The van der Waals surface area contributed by atoms with Crippen molar-refractivity contribution in [1.82, 2.24) is 15.5 Å². The molecule has 0 spiro atoms. The molecule has 0 unspecified atom stereocenters. The summed E-state index contributed by atoms with van der Waals surface area (Å²) < 4.78 is 27.2. The first-order chi connectivity index (χ1) is 17.3. The largest absolute Gasteiger partial charge is 0.491 e. The van der Waals surface area contributed by atoms with Crippen LogP contribution in [0.2, 0.25) is 0 Å². The number of aryl methyl sites for hydroxylation is 1. The highest BCUT2D eigenvalue weighted by molar-refractivity contribution is 5.74. The number of morpholine rings is 1. The second-order valence-electron chi connectivity index (χ2n) is 9.45. The van der Waals surface area contributed by atoms with Gasteiger partial charge >= 0.3 is 12.0 Å². The van der Waals surface area contributed by atoms with Crippen molar-refractivity contribution in [2.24, 2.45) is 0 Å². The first kappa shape index (κ1) is 28.1. The van der Waals surface area contributed by atoms with E-state index in [0.717, 1.165) is 5.56 Å². The van der Waals surface area contributed by atoms with E-state index in [-0.39, 0.29) is 37.2 Å². The zero-order chi connectivity index (χ0) is 25.8. The summed E-state index contributed by atoms with van der Waals surface area (Å²) in [6.45, 7) is 8.28. The Kier molecular flexibility index (Phi) is 11.2. The van der Waals surface area contributed by atoms with Crippen LogP contribution >= 0.6 is 0 Å². The van der Waals surface area contributed by atoms with Gasteiger partial charge in [-0.15, -0.1) is 0 Å². The van der Waals surface area contributed by atoms with Gasteiger partial charge in [-0.05, 0) is 38.0 Å². The molecule has 202 valence electrons. The van der Waals surface area contributed by atoms with Crippen LogP contribution < -0.4 is 15.4 Å². The van der Waals surface area contributed by atoms with E-state index >= 15 is 0 Å². The normalized spacial score (nSPS) is 20.1. The molecular weight excluding hydrogens is 470 g/mol. The summed E-state index contributed by atoms with van der Waals surface area (Å²) in [4.78, 5) is 25.7. The van der Waals surface area contributed by atoms with Crippen LogP contribution in [0.3, 0.4) is 0 Å². The summed E-state index contributed by atoms with van der Waals surface area (Å²) in [7, 11) is 0. The highest BCUT2D eigenvalue weighted by atomic mass is 16.7. The topological polar surface area (TPSA) is 128 Å². The molecule has 0 radical (unpaired) electrons. The van der Waals surface area contributed by atoms with E-state index in [9.17, 15) is 14.7 Å². The Labute approximate surface area is 212 Å². The Morgan fingerprint density at radius 3 is 2.64 bits per heavy atom. The molecule has 0 aromatic heterocycles. The third-order valence-electron chi connectivity index (χ3n) is 5.69. The number of nitrogens with zero attached hydrogens (tertiary/aromatic N) is 1. The zero-order valence-electron chi connectivity index (χ0n) is 21.2. The van der Waals surface area contributed by atoms with Crippen LogP contribution in [0.1, 0.15) is 25.8 Å². The second-order valence-corrected chi connectivity index (χ2v) is 9.45. The number of esters is 1. The molecule has 0 saturated carbocycles. The van der Waals surface area contributed by atoms with Crippen LogP contribution in [0.4, 0.5) is 4.79 Å². The summed E-state index contributed by atoms with van der Waals surface area (Å²) in [6, 6.07) is 7.29. The predicted octanol–water partition coefficient (Wildman–Crippen LogP) is 0.685. The van der Waals surface area contributed by atoms with Crippen molar-refractivity contribution in [2.75, 3.05) is 65.8 Å². The first-order valence-corrected chi connectivity index (χ1v) is 12.5. The molecule has 1 aromatic rings. The highest BCUT2D eigenvalue weighted by Gasteiger charge is 2.33. The molecule has 2 saturated heterocycles. The fourth-order valence-electron chi connectivity index (χ4n) is 3.69. The monoisotopic (exact) mass is 509 g/mol. The minimum Gasteiger partial charge on any atom is -0.491 e. The maximum atomic E-state index is 12.0. The number of rotatable bonds is 13. The highest BCUT2D eigenvalue weighted by Crippen LogP contribution is 2.22. The fraction of sp³-hybridized carbons (Fsp3) is 0.680. The molecule has 2 aliphatic heterocycles. The molecule has 11 nitrogen and oxygen atoms in total. The van der Waals surface area contributed by atoms with Crippen molar-refractivity contribution >= 4 is 12.0 Å². The van der Waals surface area contributed by atoms with Gasteiger partial charge in [-0.3, -0.25) is 4.79 Å². The average molecular weight is 510 g/mol. The average Bonchev–Trinajstić information content (AvgIpc) is 3.24. The second kappa shape index (κ2) is 14.3. The lowest BCUT2D eigenvalue weighted by Crippen LogP contribution is -2.47. The van der Waals surface area contributed by atoms with E-state index in [1.807, 2.05) is 38.1 Å². The molecule has 1 aromatic carbocycles. The van der Waals surface area contributed by atoms with Gasteiger partial charge in [0.05, 0.1) is 25.4 Å². The van der Waals surface area contributed by atoms with Crippen LogP contribution in [0, 0.1) is 0 Å². The SMILES string of the molecule is CC1(C)CO[C@@H](COC(=O)CCc2ccc(OC[C@@H](O)CNCCNC(=O)N3CCOCC3)cc2)O1. The third kappa shape index (κ3) is 10.3. The summed E-state index contributed by atoms with van der Waals surface area (Å²) in [5, 5.41) is 16.1. The number of aliphatic hydroxyl groups excluding tert-OH is 1. The number of hydrogen-bond acceptors (Lipinski definition) is 9. The smallest absolute Gasteiger partial charge is 0.317 e. The van der Waals surface area contributed by atoms with Crippen LogP contribution in [0.15, 0.2) is 24.3 Å². The molecule has 2 heterocycles. The van der Waals surface area contributed by atoms with Crippen molar-refractivity contribution < 1.29 is 38.4 Å². The van der Waals surface area contributed by atoms with Crippen LogP contribution in [-0.4, -0.2) is 106 Å². The maximum Gasteiger partial charge on any atom is 0.317 e. The first-order valence-electron chi connectivity index (χ1n) is 12.5. The van der Waals surface area contributed by atoms with Gasteiger partial charge in [0.2, 0.25) is 0 Å². The number of nitrogens with one attached hydrogen (secondary N) is 2. The van der Waals surface area contributed by atoms with Crippen LogP contribution in [0.25, 0.3) is 0 Å². The fourth-order valence-corrected chi connectivity index (χ4v) is 3.69. The summed E-state index contributed by atoms with van der Waals surface area (Å²) in [5.74, 6) is 0.333. The van der Waals surface area contributed by atoms with Gasteiger partial charge in [-0.25, -0.2) is 4.79 Å². The Morgan fingerprint density at radius 1 is 1.19 bits per heavy atom. The minimum atomic E-state index is -0.687. The maximum absolute atomic E-state index is 12.0. The Morgan fingerprint density at radius 2 is 1.94 bits per heavy atom. The molecule has 11 heteroatoms. The van der Waals surface area contributed by atoms with E-state index in [2.05, 4.69) is 10.6 Å². The van der Waals surface area contributed by atoms with Crippen molar-refractivity contribution in [3.8, 4) is 5.75 Å².